The summed E-state index contributed by atoms with van der Waals surface area (Å²) in [4.78, 5) is 0. The molecule has 0 fully saturated rings. The average Bonchev–Trinajstić information content (AvgIpc) is 3.63. The van der Waals surface area contributed by atoms with E-state index in [0.29, 0.717) is 12.8 Å². The van der Waals surface area contributed by atoms with E-state index in [1.54, 1.807) is 0 Å². The number of hydrogen-bond donors (Lipinski definition) is 0. The number of rotatable bonds is 6. The van der Waals surface area contributed by atoms with Crippen LogP contribution in [0.4, 0.5) is 26.3 Å². The molecule has 0 aliphatic heterocycles. The fourth-order valence-corrected chi connectivity index (χ4v) is 25.4. The predicted molar refractivity (Wildman–Crippen MR) is 175 cm³/mol. The van der Waals surface area contributed by atoms with Crippen LogP contribution in [0.2, 0.25) is 0 Å². The van der Waals surface area contributed by atoms with Crippen LogP contribution >= 0.6 is 0 Å². The van der Waals surface area contributed by atoms with Crippen molar-refractivity contribution in [3.63, 3.8) is 0 Å². The van der Waals surface area contributed by atoms with Gasteiger partial charge in [-0.15, -0.1) is 0 Å². The van der Waals surface area contributed by atoms with Crippen LogP contribution in [0.1, 0.15) is 93.2 Å². The van der Waals surface area contributed by atoms with E-state index < -0.39 is 58.9 Å². The molecule has 256 valence electrons. The van der Waals surface area contributed by atoms with E-state index in [-0.39, 0.29) is 11.5 Å². The number of allylic oxidation sites excluding steroid dienone is 8. The minimum absolute atomic E-state index is 0.208. The van der Waals surface area contributed by atoms with Gasteiger partial charge < -0.3 is 0 Å². The molecule has 4 rings (SSSR count). The van der Waals surface area contributed by atoms with Crippen LogP contribution in [-0.2, 0) is 31.5 Å². The van der Waals surface area contributed by atoms with Gasteiger partial charge in [0.15, 0.2) is 0 Å². The Bertz CT molecular complexity index is 1590. The van der Waals surface area contributed by atoms with Crippen molar-refractivity contribution in [1.82, 2.24) is 0 Å². The third-order valence-electron chi connectivity index (χ3n) is 9.37. The van der Waals surface area contributed by atoms with Crippen LogP contribution < -0.4 is 5.63 Å². The second-order valence-corrected chi connectivity index (χ2v) is 26.8. The van der Waals surface area contributed by atoms with Crippen molar-refractivity contribution < 1.29 is 51.1 Å². The Morgan fingerprint density at radius 1 is 0.553 bits per heavy atom. The van der Waals surface area contributed by atoms with Crippen LogP contribution in [0.5, 0.6) is 11.5 Å². The molecule has 0 heterocycles. The maximum absolute atomic E-state index is 13.7. The molecule has 9 heteroatoms. The first-order chi connectivity index (χ1) is 21.3. The number of halogens is 6. The van der Waals surface area contributed by atoms with E-state index in [0.717, 1.165) is 45.2 Å². The molecular formula is C38H46F6O2Zr. The SMILES string of the molecule is C[C](C(C)(C)C)=[Zr]([O]c1ccc(C(F)(F)F)cc1)([O]c1ccc(C(F)(F)F)cc1)([C]1=C(C(C)(C)C)C=CC1)[C]1=C(C(C)(C)C)C=CC1. The Morgan fingerprint density at radius 3 is 1.13 bits per heavy atom. The molecule has 0 saturated heterocycles. The molecule has 0 N–H and O–H groups in total. The number of hydrogen-bond acceptors (Lipinski definition) is 2. The van der Waals surface area contributed by atoms with Gasteiger partial charge in [0, 0.05) is 0 Å². The molecule has 2 aliphatic carbocycles. The summed E-state index contributed by atoms with van der Waals surface area (Å²) in [6.07, 6.45) is 0.108. The van der Waals surface area contributed by atoms with E-state index in [2.05, 4.69) is 86.6 Å². The van der Waals surface area contributed by atoms with Gasteiger partial charge in [0.1, 0.15) is 0 Å². The summed E-state index contributed by atoms with van der Waals surface area (Å²) in [5.74, 6) is 0.416. The molecule has 2 aromatic rings. The molecule has 0 aromatic heterocycles. The quantitative estimate of drug-likeness (QED) is 0.275. The molecule has 0 bridgehead atoms. The summed E-state index contributed by atoms with van der Waals surface area (Å²) in [6.45, 7) is 20.7. The van der Waals surface area contributed by atoms with Crippen molar-refractivity contribution >= 4 is 3.21 Å². The zero-order valence-corrected chi connectivity index (χ0v) is 31.4. The molecule has 2 nitrogen and oxygen atoms in total. The summed E-state index contributed by atoms with van der Waals surface area (Å²) in [5.41, 5.74) is -0.964. The summed E-state index contributed by atoms with van der Waals surface area (Å²) >= 11 is -6.17. The fourth-order valence-electron chi connectivity index (χ4n) is 6.89. The topological polar surface area (TPSA) is 18.5 Å². The van der Waals surface area contributed by atoms with Crippen molar-refractivity contribution in [3.05, 3.63) is 102 Å². The van der Waals surface area contributed by atoms with E-state index in [1.165, 1.54) is 24.3 Å². The van der Waals surface area contributed by atoms with E-state index >= 15 is 0 Å². The van der Waals surface area contributed by atoms with Gasteiger partial charge >= 0.3 is 278 Å². The van der Waals surface area contributed by atoms with Gasteiger partial charge in [0.05, 0.1) is 0 Å². The Hall–Kier alpha value is -2.67. The van der Waals surface area contributed by atoms with E-state index in [4.69, 9.17) is 5.63 Å². The van der Waals surface area contributed by atoms with Gasteiger partial charge in [-0.3, -0.25) is 0 Å². The summed E-state index contributed by atoms with van der Waals surface area (Å²) in [7, 11) is 0. The molecule has 0 atom stereocenters. The normalized spacial score (nSPS) is 16.8. The molecule has 0 saturated carbocycles. The van der Waals surface area contributed by atoms with Gasteiger partial charge in [-0.2, -0.15) is 0 Å². The molecule has 47 heavy (non-hydrogen) atoms. The van der Waals surface area contributed by atoms with Gasteiger partial charge in [0.2, 0.25) is 0 Å². The van der Waals surface area contributed by atoms with Crippen LogP contribution in [0, 0.1) is 16.2 Å². The second kappa shape index (κ2) is 12.0. The third kappa shape index (κ3) is 6.93. The number of benzene rings is 2. The van der Waals surface area contributed by atoms with Crippen molar-refractivity contribution in [2.45, 2.75) is 94.4 Å². The van der Waals surface area contributed by atoms with Crippen molar-refractivity contribution in [3.8, 4) is 11.5 Å². The summed E-state index contributed by atoms with van der Waals surface area (Å²) in [6, 6.07) is 9.35. The molecule has 2 aliphatic rings. The molecule has 0 spiro atoms. The van der Waals surface area contributed by atoms with Gasteiger partial charge in [-0.25, -0.2) is 0 Å². The Kier molecular flexibility index (Phi) is 9.51. The minimum atomic E-state index is -6.17. The molecule has 0 amide bonds. The Morgan fingerprint density at radius 2 is 0.872 bits per heavy atom. The zero-order chi connectivity index (χ0) is 35.5. The van der Waals surface area contributed by atoms with Gasteiger partial charge in [-0.05, 0) is 0 Å². The molecule has 0 radical (unpaired) electrons. The summed E-state index contributed by atoms with van der Waals surface area (Å²) < 4.78 is 100. The molecular weight excluding hydrogens is 694 g/mol. The Labute approximate surface area is 277 Å². The standard InChI is InChI=1S/2C9H13.2C7H5F3O.C6H12.Zr/c2*1-9(2,3)8-6-4-5-7-8;2*8-7(9,10)5-1-3-6(11)4-2-5;1-5-6(2,3)4;/h2*4,6H,5H2,1-3H3;2*1-4,11H;1-4H3;/q;;;;;+2/p-2. The molecule has 0 unspecified atom stereocenters. The van der Waals surface area contributed by atoms with Gasteiger partial charge in [-0.1, -0.05) is 0 Å². The number of alkyl halides is 6. The van der Waals surface area contributed by atoms with E-state index in [1.807, 2.05) is 6.92 Å². The van der Waals surface area contributed by atoms with Crippen molar-refractivity contribution in [2.24, 2.45) is 16.2 Å². The van der Waals surface area contributed by atoms with Crippen LogP contribution in [-0.4, -0.2) is 3.21 Å². The average molecular weight is 740 g/mol. The first kappa shape index (κ1) is 37.2. The first-order valence-electron chi connectivity index (χ1n) is 15.9. The first-order valence-corrected chi connectivity index (χ1v) is 21.6. The van der Waals surface area contributed by atoms with Crippen LogP contribution in [0.3, 0.4) is 0 Å². The van der Waals surface area contributed by atoms with Crippen molar-refractivity contribution in [1.29, 1.82) is 0 Å². The molecule has 2 aromatic carbocycles. The van der Waals surface area contributed by atoms with Gasteiger partial charge in [0.25, 0.3) is 0 Å². The predicted octanol–water partition coefficient (Wildman–Crippen LogP) is 12.5. The summed E-state index contributed by atoms with van der Waals surface area (Å²) in [5, 5.41) is 0. The van der Waals surface area contributed by atoms with Crippen molar-refractivity contribution in [2.75, 3.05) is 0 Å². The van der Waals surface area contributed by atoms with Crippen LogP contribution in [0.25, 0.3) is 0 Å². The monoisotopic (exact) mass is 738 g/mol. The van der Waals surface area contributed by atoms with E-state index in [9.17, 15) is 26.3 Å². The zero-order valence-electron chi connectivity index (χ0n) is 28.9. The third-order valence-corrected chi connectivity index (χ3v) is 25.4. The second-order valence-electron chi connectivity index (χ2n) is 15.7. The Balaban J connectivity index is 2.31. The maximum atomic E-state index is 13.7. The van der Waals surface area contributed by atoms with Crippen LogP contribution in [0.15, 0.2) is 90.5 Å². The fraction of sp³-hybridized carbons (Fsp3) is 0.447.